The Kier molecular flexibility index (Phi) is 8.25. The molecule has 0 bridgehead atoms. The van der Waals surface area contributed by atoms with E-state index in [0.717, 1.165) is 25.1 Å². The number of amides is 1. The minimum atomic E-state index is -0.332. The van der Waals surface area contributed by atoms with Gasteiger partial charge in [-0.1, -0.05) is 13.3 Å². The predicted molar refractivity (Wildman–Crippen MR) is 77.8 cm³/mol. The van der Waals surface area contributed by atoms with E-state index in [0.29, 0.717) is 5.41 Å². The van der Waals surface area contributed by atoms with E-state index in [2.05, 4.69) is 12.2 Å². The van der Waals surface area contributed by atoms with Crippen LogP contribution in [0, 0.1) is 5.41 Å². The highest BCUT2D eigenvalue weighted by molar-refractivity contribution is 7.98. The van der Waals surface area contributed by atoms with E-state index in [9.17, 15) is 4.79 Å². The molecule has 102 valence electrons. The Balaban J connectivity index is 0.00000256. The second-order valence-electron chi connectivity index (χ2n) is 4.81. The molecule has 0 radical (unpaired) electrons. The third kappa shape index (κ3) is 5.06. The third-order valence-corrected chi connectivity index (χ3v) is 4.42. The highest BCUT2D eigenvalue weighted by Crippen LogP contribution is 2.42. The van der Waals surface area contributed by atoms with Crippen LogP contribution in [-0.2, 0) is 4.79 Å². The Bertz CT molecular complexity index is 229. The summed E-state index contributed by atoms with van der Waals surface area (Å²) in [6, 6.07) is -0.332. The zero-order valence-corrected chi connectivity index (χ0v) is 12.5. The normalized spacial score (nSPS) is 18.8. The summed E-state index contributed by atoms with van der Waals surface area (Å²) in [6.45, 7) is 3.02. The summed E-state index contributed by atoms with van der Waals surface area (Å²) in [5, 5.41) is 3.01. The molecule has 0 saturated heterocycles. The molecular weight excluding hydrogens is 256 g/mol. The number of nitrogens with two attached hydrogens (primary N) is 1. The largest absolute Gasteiger partial charge is 0.354 e. The van der Waals surface area contributed by atoms with Gasteiger partial charge >= 0.3 is 0 Å². The molecule has 0 unspecified atom stereocenters. The van der Waals surface area contributed by atoms with E-state index >= 15 is 0 Å². The Morgan fingerprint density at radius 3 is 2.59 bits per heavy atom. The van der Waals surface area contributed by atoms with E-state index in [1.54, 1.807) is 11.8 Å². The van der Waals surface area contributed by atoms with E-state index in [1.165, 1.54) is 19.3 Å². The van der Waals surface area contributed by atoms with E-state index in [4.69, 9.17) is 5.73 Å². The van der Waals surface area contributed by atoms with Crippen LogP contribution in [0.25, 0.3) is 0 Å². The molecule has 5 heteroatoms. The van der Waals surface area contributed by atoms with Crippen molar-refractivity contribution in [3.05, 3.63) is 0 Å². The van der Waals surface area contributed by atoms with Crippen molar-refractivity contribution >= 4 is 30.1 Å². The van der Waals surface area contributed by atoms with Crippen molar-refractivity contribution in [2.45, 2.75) is 45.1 Å². The summed E-state index contributed by atoms with van der Waals surface area (Å²) >= 11 is 1.73. The first-order valence-corrected chi connectivity index (χ1v) is 7.55. The SMILES string of the molecule is CCC1(CNC(=O)[C@@H](N)CCSC)CCC1.Cl. The maximum absolute atomic E-state index is 11.7. The second kappa shape index (κ2) is 8.22. The fourth-order valence-electron chi connectivity index (χ4n) is 2.11. The molecular formula is C12H25ClN2OS. The molecule has 0 aromatic heterocycles. The number of rotatable bonds is 7. The smallest absolute Gasteiger partial charge is 0.236 e. The highest BCUT2D eigenvalue weighted by Gasteiger charge is 2.35. The highest BCUT2D eigenvalue weighted by atomic mass is 35.5. The summed E-state index contributed by atoms with van der Waals surface area (Å²) < 4.78 is 0. The molecule has 1 saturated carbocycles. The van der Waals surface area contributed by atoms with Gasteiger partial charge in [-0.05, 0) is 43.1 Å². The molecule has 17 heavy (non-hydrogen) atoms. The van der Waals surface area contributed by atoms with Crippen LogP contribution < -0.4 is 11.1 Å². The van der Waals surface area contributed by atoms with Crippen molar-refractivity contribution in [3.8, 4) is 0 Å². The van der Waals surface area contributed by atoms with Gasteiger partial charge in [-0.3, -0.25) is 4.79 Å². The van der Waals surface area contributed by atoms with Crippen molar-refractivity contribution in [1.82, 2.24) is 5.32 Å². The van der Waals surface area contributed by atoms with Gasteiger partial charge in [-0.25, -0.2) is 0 Å². The lowest BCUT2D eigenvalue weighted by molar-refractivity contribution is -0.123. The van der Waals surface area contributed by atoms with Crippen LogP contribution in [0.3, 0.4) is 0 Å². The van der Waals surface area contributed by atoms with Crippen molar-refractivity contribution in [3.63, 3.8) is 0 Å². The Morgan fingerprint density at radius 1 is 1.53 bits per heavy atom. The van der Waals surface area contributed by atoms with Gasteiger partial charge in [0.1, 0.15) is 0 Å². The van der Waals surface area contributed by atoms with Crippen LogP contribution in [0.5, 0.6) is 0 Å². The first-order chi connectivity index (χ1) is 7.63. The first-order valence-electron chi connectivity index (χ1n) is 6.16. The van der Waals surface area contributed by atoms with Gasteiger partial charge in [-0.15, -0.1) is 12.4 Å². The molecule has 3 N–H and O–H groups in total. The van der Waals surface area contributed by atoms with Gasteiger partial charge in [0.05, 0.1) is 6.04 Å². The van der Waals surface area contributed by atoms with Gasteiger partial charge < -0.3 is 11.1 Å². The van der Waals surface area contributed by atoms with Gasteiger partial charge in [0, 0.05) is 6.54 Å². The molecule has 1 rings (SSSR count). The zero-order chi connectivity index (χ0) is 12.0. The molecule has 0 heterocycles. The van der Waals surface area contributed by atoms with Crippen molar-refractivity contribution in [2.75, 3.05) is 18.6 Å². The number of nitrogens with one attached hydrogen (secondary N) is 1. The maximum atomic E-state index is 11.7. The standard InChI is InChI=1S/C12H24N2OS.ClH/c1-3-12(6-4-7-12)9-14-11(15)10(13)5-8-16-2;/h10H,3-9,13H2,1-2H3,(H,14,15);1H/t10-;/m0./s1. The predicted octanol–water partition coefficient (Wildman–Crippen LogP) is 2.19. The fourth-order valence-corrected chi connectivity index (χ4v) is 2.60. The zero-order valence-electron chi connectivity index (χ0n) is 10.8. The first kappa shape index (κ1) is 17.1. The number of carbonyl (C=O) groups is 1. The average molecular weight is 281 g/mol. The molecule has 1 amide bonds. The van der Waals surface area contributed by atoms with Crippen molar-refractivity contribution < 1.29 is 4.79 Å². The second-order valence-corrected chi connectivity index (χ2v) is 5.80. The lowest BCUT2D eigenvalue weighted by Crippen LogP contribution is -2.47. The number of hydrogen-bond donors (Lipinski definition) is 2. The topological polar surface area (TPSA) is 55.1 Å². The number of carbonyl (C=O) groups excluding carboxylic acids is 1. The third-order valence-electron chi connectivity index (χ3n) is 3.77. The van der Waals surface area contributed by atoms with Gasteiger partial charge in [-0.2, -0.15) is 11.8 Å². The summed E-state index contributed by atoms with van der Waals surface area (Å²) in [4.78, 5) is 11.7. The average Bonchev–Trinajstić information content (AvgIpc) is 2.24. The van der Waals surface area contributed by atoms with Crippen LogP contribution >= 0.6 is 24.2 Å². The molecule has 0 aromatic rings. The summed E-state index contributed by atoms with van der Waals surface area (Å²) in [5.74, 6) is 0.974. The van der Waals surface area contributed by atoms with E-state index in [-0.39, 0.29) is 24.4 Å². The van der Waals surface area contributed by atoms with E-state index < -0.39 is 0 Å². The number of hydrogen-bond acceptors (Lipinski definition) is 3. The molecule has 1 aliphatic rings. The Morgan fingerprint density at radius 2 is 2.18 bits per heavy atom. The Hall–Kier alpha value is 0.0700. The molecule has 0 aliphatic heterocycles. The van der Waals surface area contributed by atoms with Gasteiger partial charge in [0.25, 0.3) is 0 Å². The monoisotopic (exact) mass is 280 g/mol. The summed E-state index contributed by atoms with van der Waals surface area (Å²) in [7, 11) is 0. The van der Waals surface area contributed by atoms with Crippen LogP contribution in [0.4, 0.5) is 0 Å². The van der Waals surface area contributed by atoms with Crippen molar-refractivity contribution in [2.24, 2.45) is 11.1 Å². The van der Waals surface area contributed by atoms with Crippen LogP contribution in [0.2, 0.25) is 0 Å². The summed E-state index contributed by atoms with van der Waals surface area (Å²) in [6.07, 6.45) is 7.78. The Labute approximate surface area is 115 Å². The lowest BCUT2D eigenvalue weighted by atomic mass is 9.67. The van der Waals surface area contributed by atoms with Crippen molar-refractivity contribution in [1.29, 1.82) is 0 Å². The number of thioether (sulfide) groups is 1. The maximum Gasteiger partial charge on any atom is 0.236 e. The van der Waals surface area contributed by atoms with Gasteiger partial charge in [0.2, 0.25) is 5.91 Å². The van der Waals surface area contributed by atoms with Crippen LogP contribution in [-0.4, -0.2) is 30.5 Å². The summed E-state index contributed by atoms with van der Waals surface area (Å²) in [5.41, 5.74) is 6.19. The molecule has 1 atom stereocenters. The molecule has 3 nitrogen and oxygen atoms in total. The van der Waals surface area contributed by atoms with Crippen LogP contribution in [0.15, 0.2) is 0 Å². The quantitative estimate of drug-likeness (QED) is 0.752. The van der Waals surface area contributed by atoms with Gasteiger partial charge in [0.15, 0.2) is 0 Å². The molecule has 1 aliphatic carbocycles. The molecule has 1 fully saturated rings. The lowest BCUT2D eigenvalue weighted by Gasteiger charge is -2.41. The molecule has 0 aromatic carbocycles. The fraction of sp³-hybridized carbons (Fsp3) is 0.917. The number of halogens is 1. The minimum Gasteiger partial charge on any atom is -0.354 e. The van der Waals surface area contributed by atoms with E-state index in [1.807, 2.05) is 6.26 Å². The minimum absolute atomic E-state index is 0. The molecule has 0 spiro atoms. The van der Waals surface area contributed by atoms with Crippen LogP contribution in [0.1, 0.15) is 39.0 Å².